The first-order valence-corrected chi connectivity index (χ1v) is 8.53. The van der Waals surface area contributed by atoms with Crippen molar-refractivity contribution in [1.29, 1.82) is 0 Å². The van der Waals surface area contributed by atoms with Gasteiger partial charge in [-0.05, 0) is 49.1 Å². The lowest BCUT2D eigenvalue weighted by Crippen LogP contribution is -2.20. The maximum absolute atomic E-state index is 3.64. The molecule has 20 heavy (non-hydrogen) atoms. The number of thiophene rings is 1. The molecule has 108 valence electrons. The Labute approximate surface area is 127 Å². The Morgan fingerprint density at radius 3 is 2.55 bits per heavy atom. The number of rotatable bonds is 7. The normalized spacial score (nSPS) is 12.6. The second-order valence-corrected chi connectivity index (χ2v) is 6.24. The number of benzene rings is 1. The predicted molar refractivity (Wildman–Crippen MR) is 90.5 cm³/mol. The molecule has 1 nitrogen and oxygen atoms in total. The quantitative estimate of drug-likeness (QED) is 0.716. The van der Waals surface area contributed by atoms with Crippen LogP contribution in [0.25, 0.3) is 10.4 Å². The van der Waals surface area contributed by atoms with Crippen molar-refractivity contribution < 1.29 is 0 Å². The van der Waals surface area contributed by atoms with E-state index in [9.17, 15) is 0 Å². The first kappa shape index (κ1) is 15.3. The van der Waals surface area contributed by atoms with Gasteiger partial charge in [0.2, 0.25) is 0 Å². The molecule has 0 aliphatic heterocycles. The maximum atomic E-state index is 3.64. The molecular weight excluding hydrogens is 262 g/mol. The zero-order chi connectivity index (χ0) is 14.4. The van der Waals surface area contributed by atoms with E-state index >= 15 is 0 Å². The molecule has 0 spiro atoms. The molecular formula is C18H25NS. The van der Waals surface area contributed by atoms with Gasteiger partial charge in [0.05, 0.1) is 0 Å². The van der Waals surface area contributed by atoms with Crippen LogP contribution in [0, 0.1) is 0 Å². The highest BCUT2D eigenvalue weighted by atomic mass is 32.1. The second kappa shape index (κ2) is 7.61. The second-order valence-electron chi connectivity index (χ2n) is 5.13. The third-order valence-electron chi connectivity index (χ3n) is 3.68. The van der Waals surface area contributed by atoms with Gasteiger partial charge in [-0.1, -0.05) is 45.0 Å². The Morgan fingerprint density at radius 1 is 1.05 bits per heavy atom. The summed E-state index contributed by atoms with van der Waals surface area (Å²) in [6.45, 7) is 7.80. The molecule has 2 aromatic rings. The minimum atomic E-state index is 0.502. The van der Waals surface area contributed by atoms with Crippen molar-refractivity contribution in [3.63, 3.8) is 0 Å². The van der Waals surface area contributed by atoms with E-state index in [1.54, 1.807) is 0 Å². The Hall–Kier alpha value is -1.12. The van der Waals surface area contributed by atoms with Gasteiger partial charge in [0.1, 0.15) is 0 Å². The molecule has 1 unspecified atom stereocenters. The van der Waals surface area contributed by atoms with Crippen LogP contribution < -0.4 is 5.32 Å². The van der Waals surface area contributed by atoms with Crippen molar-refractivity contribution in [2.45, 2.75) is 46.1 Å². The average molecular weight is 287 g/mol. The van der Waals surface area contributed by atoms with Gasteiger partial charge < -0.3 is 5.32 Å². The van der Waals surface area contributed by atoms with Crippen LogP contribution in [0.2, 0.25) is 0 Å². The van der Waals surface area contributed by atoms with Crippen LogP contribution in [0.3, 0.4) is 0 Å². The Morgan fingerprint density at radius 2 is 1.85 bits per heavy atom. The smallest absolute Gasteiger partial charge is 0.0412 e. The van der Waals surface area contributed by atoms with Gasteiger partial charge >= 0.3 is 0 Å². The van der Waals surface area contributed by atoms with Crippen molar-refractivity contribution in [3.8, 4) is 10.4 Å². The molecule has 0 radical (unpaired) electrons. The monoisotopic (exact) mass is 287 g/mol. The molecule has 2 heteroatoms. The van der Waals surface area contributed by atoms with Crippen LogP contribution in [-0.2, 0) is 6.42 Å². The number of nitrogens with one attached hydrogen (secondary N) is 1. The summed E-state index contributed by atoms with van der Waals surface area (Å²) in [5.74, 6) is 0. The highest BCUT2D eigenvalue weighted by Gasteiger charge is 2.12. The fourth-order valence-electron chi connectivity index (χ4n) is 2.52. The SMILES string of the molecule is CCCNC(CC)c1ccc(-c2ccccc2CC)s1. The molecule has 0 saturated heterocycles. The number of hydrogen-bond donors (Lipinski definition) is 1. The summed E-state index contributed by atoms with van der Waals surface area (Å²) in [4.78, 5) is 2.86. The van der Waals surface area contributed by atoms with E-state index in [4.69, 9.17) is 0 Å². The fraction of sp³-hybridized carbons (Fsp3) is 0.444. The van der Waals surface area contributed by atoms with Gasteiger partial charge in [-0.3, -0.25) is 0 Å². The molecule has 0 fully saturated rings. The molecule has 1 atom stereocenters. The predicted octanol–water partition coefficient (Wildman–Crippen LogP) is 5.43. The summed E-state index contributed by atoms with van der Waals surface area (Å²) < 4.78 is 0. The molecule has 1 aromatic carbocycles. The third-order valence-corrected chi connectivity index (χ3v) is 4.92. The Balaban J connectivity index is 2.23. The summed E-state index contributed by atoms with van der Waals surface area (Å²) >= 11 is 1.94. The highest BCUT2D eigenvalue weighted by Crippen LogP contribution is 2.34. The van der Waals surface area contributed by atoms with Crippen molar-refractivity contribution in [3.05, 3.63) is 46.8 Å². The first-order valence-electron chi connectivity index (χ1n) is 7.71. The van der Waals surface area contributed by atoms with Crippen LogP contribution in [0.15, 0.2) is 36.4 Å². The third kappa shape index (κ3) is 3.50. The topological polar surface area (TPSA) is 12.0 Å². The average Bonchev–Trinajstić information content (AvgIpc) is 2.97. The molecule has 0 bridgehead atoms. The summed E-state index contributed by atoms with van der Waals surface area (Å²) in [6.07, 6.45) is 3.43. The van der Waals surface area contributed by atoms with E-state index in [-0.39, 0.29) is 0 Å². The van der Waals surface area contributed by atoms with E-state index in [2.05, 4.69) is 62.5 Å². The van der Waals surface area contributed by atoms with Gasteiger partial charge in [-0.15, -0.1) is 11.3 Å². The molecule has 0 aliphatic carbocycles. The minimum absolute atomic E-state index is 0.502. The molecule has 0 saturated carbocycles. The molecule has 1 heterocycles. The van der Waals surface area contributed by atoms with Crippen molar-refractivity contribution >= 4 is 11.3 Å². The van der Waals surface area contributed by atoms with E-state index < -0.39 is 0 Å². The van der Waals surface area contributed by atoms with E-state index in [0.717, 1.165) is 19.4 Å². The number of aryl methyl sites for hydroxylation is 1. The van der Waals surface area contributed by atoms with Crippen LogP contribution in [0.5, 0.6) is 0 Å². The van der Waals surface area contributed by atoms with E-state index in [0.29, 0.717) is 6.04 Å². The molecule has 0 amide bonds. The lowest BCUT2D eigenvalue weighted by Gasteiger charge is -2.14. The summed E-state index contributed by atoms with van der Waals surface area (Å²) in [5.41, 5.74) is 2.84. The van der Waals surface area contributed by atoms with Crippen molar-refractivity contribution in [1.82, 2.24) is 5.32 Å². The minimum Gasteiger partial charge on any atom is -0.309 e. The summed E-state index contributed by atoms with van der Waals surface area (Å²) in [7, 11) is 0. The van der Waals surface area contributed by atoms with Gasteiger partial charge in [0.25, 0.3) is 0 Å². The zero-order valence-corrected chi connectivity index (χ0v) is 13.6. The van der Waals surface area contributed by atoms with E-state index in [1.165, 1.54) is 27.3 Å². The van der Waals surface area contributed by atoms with Gasteiger partial charge in [0, 0.05) is 15.8 Å². The maximum Gasteiger partial charge on any atom is 0.0412 e. The van der Waals surface area contributed by atoms with Crippen LogP contribution in [0.1, 0.15) is 50.1 Å². The lowest BCUT2D eigenvalue weighted by atomic mass is 10.0. The Kier molecular flexibility index (Phi) is 5.81. The van der Waals surface area contributed by atoms with Gasteiger partial charge in [0.15, 0.2) is 0 Å². The molecule has 1 N–H and O–H groups in total. The molecule has 2 rings (SSSR count). The van der Waals surface area contributed by atoms with Crippen molar-refractivity contribution in [2.75, 3.05) is 6.54 Å². The highest BCUT2D eigenvalue weighted by molar-refractivity contribution is 7.15. The lowest BCUT2D eigenvalue weighted by molar-refractivity contribution is 0.525. The van der Waals surface area contributed by atoms with Crippen molar-refractivity contribution in [2.24, 2.45) is 0 Å². The van der Waals surface area contributed by atoms with E-state index in [1.807, 2.05) is 11.3 Å². The summed E-state index contributed by atoms with van der Waals surface area (Å²) in [5, 5.41) is 3.64. The fourth-order valence-corrected chi connectivity index (χ4v) is 3.75. The Bertz CT molecular complexity index is 530. The van der Waals surface area contributed by atoms with Gasteiger partial charge in [-0.25, -0.2) is 0 Å². The van der Waals surface area contributed by atoms with Crippen LogP contribution in [-0.4, -0.2) is 6.54 Å². The largest absolute Gasteiger partial charge is 0.309 e. The molecule has 1 aromatic heterocycles. The standard InChI is InChI=1S/C18H25NS/c1-4-13-19-16(6-3)18-12-11-17(20-18)15-10-8-7-9-14(15)5-2/h7-12,16,19H,4-6,13H2,1-3H3. The summed E-state index contributed by atoms with van der Waals surface area (Å²) in [6, 6.07) is 13.8. The number of hydrogen-bond acceptors (Lipinski definition) is 2. The van der Waals surface area contributed by atoms with Gasteiger partial charge in [-0.2, -0.15) is 0 Å². The zero-order valence-electron chi connectivity index (χ0n) is 12.8. The first-order chi connectivity index (χ1) is 9.80. The molecule has 0 aliphatic rings. The van der Waals surface area contributed by atoms with Crippen LogP contribution >= 0.6 is 11.3 Å². The van der Waals surface area contributed by atoms with Crippen LogP contribution in [0.4, 0.5) is 0 Å².